The lowest BCUT2D eigenvalue weighted by molar-refractivity contribution is 0.102. The SMILES string of the molecule is CCOc1ccc(C(=O)Nc2cc3nn(-c4ccc(CC)cc4)nc3cc2C)cc1Br. The number of hydrogen-bond acceptors (Lipinski definition) is 4. The maximum Gasteiger partial charge on any atom is 0.255 e. The van der Waals surface area contributed by atoms with Gasteiger partial charge in [-0.2, -0.15) is 4.80 Å². The molecule has 0 aliphatic carbocycles. The van der Waals surface area contributed by atoms with E-state index in [0.29, 0.717) is 29.1 Å². The van der Waals surface area contributed by atoms with Crippen LogP contribution in [0.3, 0.4) is 0 Å². The van der Waals surface area contributed by atoms with Crippen molar-refractivity contribution in [2.75, 3.05) is 11.9 Å². The van der Waals surface area contributed by atoms with E-state index in [9.17, 15) is 4.79 Å². The lowest BCUT2D eigenvalue weighted by Crippen LogP contribution is -2.13. The lowest BCUT2D eigenvalue weighted by Gasteiger charge is -2.10. The van der Waals surface area contributed by atoms with Gasteiger partial charge in [0.05, 0.1) is 16.8 Å². The van der Waals surface area contributed by atoms with Crippen molar-refractivity contribution in [1.29, 1.82) is 0 Å². The molecule has 0 unspecified atom stereocenters. The zero-order valence-electron chi connectivity index (χ0n) is 17.6. The number of aryl methyl sites for hydroxylation is 2. The van der Waals surface area contributed by atoms with Gasteiger partial charge >= 0.3 is 0 Å². The molecular weight excluding hydrogens is 456 g/mol. The van der Waals surface area contributed by atoms with Crippen molar-refractivity contribution in [3.05, 3.63) is 75.8 Å². The van der Waals surface area contributed by atoms with Gasteiger partial charge < -0.3 is 10.1 Å². The molecule has 0 saturated carbocycles. The molecule has 0 fully saturated rings. The summed E-state index contributed by atoms with van der Waals surface area (Å²) in [5.74, 6) is 0.508. The van der Waals surface area contributed by atoms with Gasteiger partial charge in [0, 0.05) is 11.3 Å². The van der Waals surface area contributed by atoms with Gasteiger partial charge in [-0.1, -0.05) is 19.1 Å². The molecule has 4 aromatic rings. The van der Waals surface area contributed by atoms with E-state index in [1.54, 1.807) is 23.0 Å². The number of carbonyl (C=O) groups is 1. The molecule has 7 heteroatoms. The molecule has 1 heterocycles. The van der Waals surface area contributed by atoms with Gasteiger partial charge in [-0.3, -0.25) is 4.79 Å². The van der Waals surface area contributed by atoms with Crippen LogP contribution in [0.1, 0.15) is 35.3 Å². The summed E-state index contributed by atoms with van der Waals surface area (Å²) in [6.45, 7) is 6.55. The van der Waals surface area contributed by atoms with Crippen molar-refractivity contribution in [3.63, 3.8) is 0 Å². The zero-order valence-corrected chi connectivity index (χ0v) is 19.2. The number of anilines is 1. The van der Waals surface area contributed by atoms with Gasteiger partial charge in [-0.15, -0.1) is 10.2 Å². The molecule has 4 rings (SSSR count). The van der Waals surface area contributed by atoms with Crippen molar-refractivity contribution < 1.29 is 9.53 Å². The largest absolute Gasteiger partial charge is 0.493 e. The average Bonchev–Trinajstić information content (AvgIpc) is 3.18. The Labute approximate surface area is 189 Å². The van der Waals surface area contributed by atoms with E-state index in [1.807, 2.05) is 38.1 Å². The average molecular weight is 479 g/mol. The fourth-order valence-corrected chi connectivity index (χ4v) is 3.79. The highest BCUT2D eigenvalue weighted by Gasteiger charge is 2.13. The van der Waals surface area contributed by atoms with Crippen molar-refractivity contribution >= 4 is 38.6 Å². The first-order chi connectivity index (χ1) is 15.0. The molecule has 0 saturated heterocycles. The first kappa shape index (κ1) is 21.1. The highest BCUT2D eigenvalue weighted by atomic mass is 79.9. The fraction of sp³-hybridized carbons (Fsp3) is 0.208. The number of hydrogen-bond donors (Lipinski definition) is 1. The smallest absolute Gasteiger partial charge is 0.255 e. The topological polar surface area (TPSA) is 69.0 Å². The normalized spacial score (nSPS) is 11.0. The fourth-order valence-electron chi connectivity index (χ4n) is 3.29. The minimum Gasteiger partial charge on any atom is -0.493 e. The molecule has 158 valence electrons. The zero-order chi connectivity index (χ0) is 22.0. The Morgan fingerprint density at radius 1 is 1.03 bits per heavy atom. The van der Waals surface area contributed by atoms with E-state index < -0.39 is 0 Å². The summed E-state index contributed by atoms with van der Waals surface area (Å²) < 4.78 is 6.25. The number of nitrogens with zero attached hydrogens (tertiary/aromatic N) is 3. The molecule has 1 aromatic heterocycles. The molecule has 0 spiro atoms. The summed E-state index contributed by atoms with van der Waals surface area (Å²) in [5.41, 5.74) is 5.81. The number of rotatable bonds is 6. The van der Waals surface area contributed by atoms with E-state index >= 15 is 0 Å². The highest BCUT2D eigenvalue weighted by Crippen LogP contribution is 2.27. The number of ether oxygens (including phenoxy) is 1. The molecule has 0 aliphatic heterocycles. The molecule has 0 bridgehead atoms. The molecule has 0 atom stereocenters. The quantitative estimate of drug-likeness (QED) is 0.385. The van der Waals surface area contributed by atoms with E-state index in [1.165, 1.54) is 5.56 Å². The predicted molar refractivity (Wildman–Crippen MR) is 126 cm³/mol. The van der Waals surface area contributed by atoms with Crippen LogP contribution in [-0.2, 0) is 6.42 Å². The van der Waals surface area contributed by atoms with E-state index in [2.05, 4.69) is 50.5 Å². The first-order valence-electron chi connectivity index (χ1n) is 10.2. The van der Waals surface area contributed by atoms with Crippen molar-refractivity contribution in [2.45, 2.75) is 27.2 Å². The monoisotopic (exact) mass is 478 g/mol. The maximum atomic E-state index is 12.8. The Morgan fingerprint density at radius 2 is 1.74 bits per heavy atom. The van der Waals surface area contributed by atoms with Crippen molar-refractivity contribution in [3.8, 4) is 11.4 Å². The summed E-state index contributed by atoms with van der Waals surface area (Å²) in [6, 6.07) is 17.3. The van der Waals surface area contributed by atoms with Crippen LogP contribution in [-0.4, -0.2) is 27.5 Å². The molecule has 0 aliphatic rings. The van der Waals surface area contributed by atoms with Gasteiger partial charge in [0.15, 0.2) is 0 Å². The Balaban J connectivity index is 1.59. The van der Waals surface area contributed by atoms with Gasteiger partial charge in [-0.25, -0.2) is 0 Å². The van der Waals surface area contributed by atoms with Crippen LogP contribution >= 0.6 is 15.9 Å². The number of fused-ring (bicyclic) bond motifs is 1. The number of halogens is 1. The minimum absolute atomic E-state index is 0.200. The summed E-state index contributed by atoms with van der Waals surface area (Å²) in [4.78, 5) is 14.4. The lowest BCUT2D eigenvalue weighted by atomic mass is 10.1. The van der Waals surface area contributed by atoms with Gasteiger partial charge in [0.2, 0.25) is 0 Å². The van der Waals surface area contributed by atoms with Crippen molar-refractivity contribution in [1.82, 2.24) is 15.0 Å². The first-order valence-corrected chi connectivity index (χ1v) is 11.0. The van der Waals surface area contributed by atoms with Crippen LogP contribution in [0.15, 0.2) is 59.1 Å². The Bertz CT molecular complexity index is 1250. The number of amides is 1. The highest BCUT2D eigenvalue weighted by molar-refractivity contribution is 9.10. The Kier molecular flexibility index (Phi) is 6.04. The molecule has 1 amide bonds. The molecule has 1 N–H and O–H groups in total. The molecular formula is C24H23BrN4O2. The van der Waals surface area contributed by atoms with Crippen LogP contribution in [0.25, 0.3) is 16.7 Å². The summed E-state index contributed by atoms with van der Waals surface area (Å²) in [6.07, 6.45) is 0.988. The van der Waals surface area contributed by atoms with Crippen LogP contribution in [0.2, 0.25) is 0 Å². The van der Waals surface area contributed by atoms with Crippen LogP contribution in [0.4, 0.5) is 5.69 Å². The van der Waals surface area contributed by atoms with Crippen LogP contribution in [0.5, 0.6) is 5.75 Å². The van der Waals surface area contributed by atoms with E-state index in [0.717, 1.165) is 27.7 Å². The standard InChI is InChI=1S/C24H23BrN4O2/c1-4-16-6-9-18(10-7-16)29-27-21-12-15(3)20(14-22(21)28-29)26-24(30)17-8-11-23(31-5-2)19(25)13-17/h6-14H,4-5H2,1-3H3,(H,26,30). The molecule has 3 aromatic carbocycles. The minimum atomic E-state index is -0.200. The summed E-state index contributed by atoms with van der Waals surface area (Å²) in [7, 11) is 0. The summed E-state index contributed by atoms with van der Waals surface area (Å²) >= 11 is 3.46. The Hall–Kier alpha value is -3.19. The second-order valence-corrected chi connectivity index (χ2v) is 8.05. The number of carbonyl (C=O) groups excluding carboxylic acids is 1. The molecule has 6 nitrogen and oxygen atoms in total. The number of aromatic nitrogens is 3. The van der Waals surface area contributed by atoms with Crippen molar-refractivity contribution in [2.24, 2.45) is 0 Å². The van der Waals surface area contributed by atoms with Gasteiger partial charge in [0.25, 0.3) is 5.91 Å². The number of nitrogens with one attached hydrogen (secondary N) is 1. The van der Waals surface area contributed by atoms with Crippen LogP contribution in [0, 0.1) is 6.92 Å². The predicted octanol–water partition coefficient (Wildman–Crippen LogP) is 5.70. The third-order valence-electron chi connectivity index (χ3n) is 5.04. The molecule has 0 radical (unpaired) electrons. The second kappa shape index (κ2) is 8.89. The van der Waals surface area contributed by atoms with Gasteiger partial charge in [0.1, 0.15) is 16.8 Å². The molecule has 31 heavy (non-hydrogen) atoms. The maximum absolute atomic E-state index is 12.8. The van der Waals surface area contributed by atoms with E-state index in [-0.39, 0.29) is 5.91 Å². The number of benzene rings is 3. The third-order valence-corrected chi connectivity index (χ3v) is 5.66. The van der Waals surface area contributed by atoms with Crippen LogP contribution < -0.4 is 10.1 Å². The van der Waals surface area contributed by atoms with E-state index in [4.69, 9.17) is 4.74 Å². The van der Waals surface area contributed by atoms with Gasteiger partial charge in [-0.05, 0) is 89.8 Å². The Morgan fingerprint density at radius 3 is 2.39 bits per heavy atom. The summed E-state index contributed by atoms with van der Waals surface area (Å²) in [5, 5.41) is 12.2. The third kappa shape index (κ3) is 4.46. The second-order valence-electron chi connectivity index (χ2n) is 7.20.